The van der Waals surface area contributed by atoms with Crippen LogP contribution in [0.2, 0.25) is 0 Å². The van der Waals surface area contributed by atoms with Crippen LogP contribution in [-0.4, -0.2) is 41.4 Å². The van der Waals surface area contributed by atoms with Crippen molar-refractivity contribution in [3.63, 3.8) is 0 Å². The fraction of sp³-hybridized carbons (Fsp3) is 0.500. The van der Waals surface area contributed by atoms with Crippen LogP contribution in [0.15, 0.2) is 28.3 Å². The summed E-state index contributed by atoms with van der Waals surface area (Å²) in [5.41, 5.74) is 7.81. The Bertz CT molecular complexity index is 487. The molecule has 0 bridgehead atoms. The maximum absolute atomic E-state index is 9.08. The second-order valence-electron chi connectivity index (χ2n) is 4.70. The lowest BCUT2D eigenvalue weighted by Gasteiger charge is -2.28. The molecular weight excluding hydrogens is 290 g/mol. The van der Waals surface area contributed by atoms with E-state index in [2.05, 4.69) is 30.1 Å². The van der Waals surface area contributed by atoms with Crippen LogP contribution >= 0.6 is 23.5 Å². The van der Waals surface area contributed by atoms with E-state index in [1.165, 1.54) is 12.2 Å². The summed E-state index contributed by atoms with van der Waals surface area (Å²) in [6, 6.07) is 6.64. The van der Waals surface area contributed by atoms with E-state index in [1.807, 2.05) is 23.9 Å². The van der Waals surface area contributed by atoms with Crippen LogP contribution in [0.1, 0.15) is 18.9 Å². The summed E-state index contributed by atoms with van der Waals surface area (Å²) in [4.78, 5) is 3.34. The van der Waals surface area contributed by atoms with Crippen molar-refractivity contribution in [1.82, 2.24) is 0 Å². The predicted octanol–water partition coefficient (Wildman–Crippen LogP) is 2.83. The van der Waals surface area contributed by atoms with Crippen LogP contribution in [0.5, 0.6) is 0 Å². The molecule has 1 atom stereocenters. The molecule has 6 heteroatoms. The number of oxime groups is 1. The Morgan fingerprint density at radius 1 is 1.60 bits per heavy atom. The molecule has 0 aromatic heterocycles. The summed E-state index contributed by atoms with van der Waals surface area (Å²) in [5.74, 6) is 3.49. The number of nitrogens with two attached hydrogens (primary N) is 1. The first-order chi connectivity index (χ1) is 9.69. The van der Waals surface area contributed by atoms with Crippen molar-refractivity contribution in [3.05, 3.63) is 23.8 Å². The number of hydrogen-bond donors (Lipinski definition) is 2. The Morgan fingerprint density at radius 2 is 2.40 bits per heavy atom. The van der Waals surface area contributed by atoms with Crippen molar-refractivity contribution in [3.8, 4) is 0 Å². The number of nitrogens with zero attached hydrogens (tertiary/aromatic N) is 2. The number of anilines is 1. The Kier molecular flexibility index (Phi) is 5.48. The maximum Gasteiger partial charge on any atom is 0.173 e. The molecule has 1 unspecified atom stereocenters. The van der Waals surface area contributed by atoms with Gasteiger partial charge in [0.15, 0.2) is 5.84 Å². The summed E-state index contributed by atoms with van der Waals surface area (Å²) < 4.78 is 0. The van der Waals surface area contributed by atoms with Gasteiger partial charge in [0.1, 0.15) is 0 Å². The van der Waals surface area contributed by atoms with E-state index in [0.717, 1.165) is 27.7 Å². The van der Waals surface area contributed by atoms with Crippen molar-refractivity contribution in [2.45, 2.75) is 24.3 Å². The second-order valence-corrected chi connectivity index (χ2v) is 7.15. The molecule has 1 aliphatic heterocycles. The van der Waals surface area contributed by atoms with Crippen LogP contribution in [0.4, 0.5) is 5.69 Å². The van der Waals surface area contributed by atoms with Crippen molar-refractivity contribution in [1.29, 1.82) is 0 Å². The molecule has 0 radical (unpaired) electrons. The van der Waals surface area contributed by atoms with E-state index in [1.54, 1.807) is 11.8 Å². The lowest BCUT2D eigenvalue weighted by Crippen LogP contribution is -2.33. The van der Waals surface area contributed by atoms with E-state index >= 15 is 0 Å². The Hall–Kier alpha value is -1.01. The van der Waals surface area contributed by atoms with Gasteiger partial charge < -0.3 is 15.8 Å². The predicted molar refractivity (Wildman–Crippen MR) is 89.5 cm³/mol. The van der Waals surface area contributed by atoms with Gasteiger partial charge in [-0.25, -0.2) is 0 Å². The van der Waals surface area contributed by atoms with Gasteiger partial charge in [0, 0.05) is 29.4 Å². The van der Waals surface area contributed by atoms with E-state index in [0.29, 0.717) is 6.04 Å². The summed E-state index contributed by atoms with van der Waals surface area (Å²) in [5, 5.41) is 12.3. The molecule has 0 aliphatic carbocycles. The van der Waals surface area contributed by atoms with Gasteiger partial charge in [0.25, 0.3) is 0 Å². The molecule has 3 N–H and O–H groups in total. The van der Waals surface area contributed by atoms with E-state index in [9.17, 15) is 0 Å². The molecule has 1 saturated heterocycles. The smallest absolute Gasteiger partial charge is 0.173 e. The molecule has 1 aromatic carbocycles. The van der Waals surface area contributed by atoms with Crippen LogP contribution in [-0.2, 0) is 0 Å². The first kappa shape index (κ1) is 15.4. The zero-order chi connectivity index (χ0) is 14.5. The van der Waals surface area contributed by atoms with Crippen LogP contribution in [0.25, 0.3) is 0 Å². The van der Waals surface area contributed by atoms with Crippen LogP contribution in [0, 0.1) is 0 Å². The van der Waals surface area contributed by atoms with Gasteiger partial charge in [-0.3, -0.25) is 0 Å². The zero-order valence-corrected chi connectivity index (χ0v) is 13.5. The number of amidine groups is 1. The molecule has 4 nitrogen and oxygen atoms in total. The van der Waals surface area contributed by atoms with Gasteiger partial charge >= 0.3 is 0 Å². The molecule has 2 rings (SSSR count). The van der Waals surface area contributed by atoms with Crippen molar-refractivity contribution < 1.29 is 5.21 Å². The first-order valence-electron chi connectivity index (χ1n) is 6.73. The first-order valence-corrected chi connectivity index (χ1v) is 8.87. The third-order valence-electron chi connectivity index (χ3n) is 3.50. The van der Waals surface area contributed by atoms with Gasteiger partial charge in [0.05, 0.1) is 5.56 Å². The molecular formula is C14H21N3OS2. The highest BCUT2D eigenvalue weighted by atomic mass is 32.2. The molecule has 0 saturated carbocycles. The molecule has 20 heavy (non-hydrogen) atoms. The van der Waals surface area contributed by atoms with Crippen LogP contribution < -0.4 is 10.6 Å². The van der Waals surface area contributed by atoms with Gasteiger partial charge in [0.2, 0.25) is 0 Å². The Balaban J connectivity index is 2.42. The summed E-state index contributed by atoms with van der Waals surface area (Å²) in [7, 11) is 2.10. The van der Waals surface area contributed by atoms with Gasteiger partial charge in [-0.15, -0.1) is 11.8 Å². The summed E-state index contributed by atoms with van der Waals surface area (Å²) in [6.45, 7) is 2.10. The average molecular weight is 311 g/mol. The minimum Gasteiger partial charge on any atom is -0.409 e. The highest BCUT2D eigenvalue weighted by molar-refractivity contribution is 7.99. The zero-order valence-electron chi connectivity index (χ0n) is 11.9. The Morgan fingerprint density at radius 3 is 3.00 bits per heavy atom. The van der Waals surface area contributed by atoms with Crippen molar-refractivity contribution >= 4 is 35.0 Å². The average Bonchev–Trinajstić information content (AvgIpc) is 3.00. The number of rotatable bonds is 5. The monoisotopic (exact) mass is 311 g/mol. The number of benzene rings is 1. The highest BCUT2D eigenvalue weighted by Gasteiger charge is 2.24. The molecule has 110 valence electrons. The summed E-state index contributed by atoms with van der Waals surface area (Å²) >= 11 is 3.70. The standard InChI is InChI=1S/C14H21N3OS2/c1-3-20-12-6-4-5-11(13(12)14(15)16-18)17(2)10-7-8-19-9-10/h4-6,10,18H,3,7-9H2,1-2H3,(H2,15,16). The minimum absolute atomic E-state index is 0.189. The quantitative estimate of drug-likeness (QED) is 0.288. The van der Waals surface area contributed by atoms with Crippen molar-refractivity contribution in [2.75, 3.05) is 29.2 Å². The van der Waals surface area contributed by atoms with Gasteiger partial charge in [-0.05, 0) is 30.1 Å². The third kappa shape index (κ3) is 3.17. The number of thioether (sulfide) groups is 2. The number of hydrogen-bond acceptors (Lipinski definition) is 5. The van der Waals surface area contributed by atoms with Gasteiger partial charge in [-0.1, -0.05) is 18.1 Å². The Labute approximate surface area is 128 Å². The van der Waals surface area contributed by atoms with E-state index in [-0.39, 0.29) is 5.84 Å². The van der Waals surface area contributed by atoms with Gasteiger partial charge in [-0.2, -0.15) is 11.8 Å². The fourth-order valence-corrected chi connectivity index (χ4v) is 4.53. The van der Waals surface area contributed by atoms with E-state index in [4.69, 9.17) is 10.9 Å². The largest absolute Gasteiger partial charge is 0.409 e. The SMILES string of the molecule is CCSc1cccc(N(C)C2CCSC2)c1/C(N)=N/O. The topological polar surface area (TPSA) is 61.8 Å². The lowest BCUT2D eigenvalue weighted by molar-refractivity contribution is 0.318. The maximum atomic E-state index is 9.08. The third-order valence-corrected chi connectivity index (χ3v) is 5.59. The molecule has 1 aliphatic rings. The lowest BCUT2D eigenvalue weighted by atomic mass is 10.1. The minimum atomic E-state index is 0.189. The van der Waals surface area contributed by atoms with E-state index < -0.39 is 0 Å². The molecule has 0 amide bonds. The highest BCUT2D eigenvalue weighted by Crippen LogP contribution is 2.33. The normalized spacial score (nSPS) is 19.3. The molecule has 1 aromatic rings. The molecule has 1 fully saturated rings. The second kappa shape index (κ2) is 7.13. The van der Waals surface area contributed by atoms with Crippen LogP contribution in [0.3, 0.4) is 0 Å². The molecule has 1 heterocycles. The fourth-order valence-electron chi connectivity index (χ4n) is 2.42. The molecule has 0 spiro atoms. The van der Waals surface area contributed by atoms with Crippen molar-refractivity contribution in [2.24, 2.45) is 10.9 Å². The summed E-state index contributed by atoms with van der Waals surface area (Å²) in [6.07, 6.45) is 1.18.